The van der Waals surface area contributed by atoms with E-state index in [0.29, 0.717) is 11.6 Å². The van der Waals surface area contributed by atoms with Crippen LogP contribution in [0.2, 0.25) is 0 Å². The van der Waals surface area contributed by atoms with Crippen molar-refractivity contribution in [1.82, 2.24) is 4.57 Å². The second-order valence-corrected chi connectivity index (χ2v) is 11.6. The van der Waals surface area contributed by atoms with Crippen molar-refractivity contribution in [2.75, 3.05) is 0 Å². The Labute approximate surface area is 236 Å². The standard InChI is InChI=1S/C33H39N3O4/c1-7-9-10-23(8-2)21-35-30-17-13-25(19-28(30)29-20-27(36(38)39)16-18-31(29)35)32(34-40-22(3)37)24-11-14-26(15-12-24)33(4,5)6/h11-20,23H,7-10,21H2,1-6H3/b34-32-. The van der Waals surface area contributed by atoms with E-state index in [4.69, 9.17) is 4.84 Å². The molecule has 7 nitrogen and oxygen atoms in total. The van der Waals surface area contributed by atoms with Gasteiger partial charge in [-0.05, 0) is 41.5 Å². The molecule has 4 rings (SSSR count). The number of unbranched alkanes of at least 4 members (excludes halogenated alkanes) is 1. The molecular weight excluding hydrogens is 502 g/mol. The molecule has 40 heavy (non-hydrogen) atoms. The molecule has 7 heteroatoms. The Morgan fingerprint density at radius 1 is 0.975 bits per heavy atom. The van der Waals surface area contributed by atoms with Crippen LogP contribution in [-0.2, 0) is 21.6 Å². The molecule has 1 aromatic heterocycles. The zero-order valence-electron chi connectivity index (χ0n) is 24.4. The minimum absolute atomic E-state index is 0.00530. The zero-order chi connectivity index (χ0) is 29.0. The lowest BCUT2D eigenvalue weighted by molar-refractivity contribution is -0.384. The molecule has 0 fully saturated rings. The highest BCUT2D eigenvalue weighted by Crippen LogP contribution is 2.34. The Morgan fingerprint density at radius 3 is 2.17 bits per heavy atom. The van der Waals surface area contributed by atoms with Crippen LogP contribution in [0.4, 0.5) is 5.69 Å². The van der Waals surface area contributed by atoms with Crippen LogP contribution in [0.3, 0.4) is 0 Å². The van der Waals surface area contributed by atoms with Crippen molar-refractivity contribution >= 4 is 39.2 Å². The summed E-state index contributed by atoms with van der Waals surface area (Å²) in [4.78, 5) is 28.1. The van der Waals surface area contributed by atoms with Gasteiger partial charge < -0.3 is 9.40 Å². The first-order chi connectivity index (χ1) is 19.0. The molecule has 0 spiro atoms. The quantitative estimate of drug-likeness (QED) is 0.0871. The summed E-state index contributed by atoms with van der Waals surface area (Å²) in [7, 11) is 0. The topological polar surface area (TPSA) is 86.7 Å². The van der Waals surface area contributed by atoms with Crippen molar-refractivity contribution in [2.24, 2.45) is 11.1 Å². The number of benzene rings is 3. The molecule has 1 heterocycles. The van der Waals surface area contributed by atoms with Gasteiger partial charge in [-0.25, -0.2) is 4.79 Å². The van der Waals surface area contributed by atoms with E-state index in [1.165, 1.54) is 18.9 Å². The smallest absolute Gasteiger partial charge is 0.332 e. The lowest BCUT2D eigenvalue weighted by Gasteiger charge is -2.19. The van der Waals surface area contributed by atoms with Gasteiger partial charge in [0.15, 0.2) is 0 Å². The van der Waals surface area contributed by atoms with E-state index < -0.39 is 5.97 Å². The van der Waals surface area contributed by atoms with E-state index in [9.17, 15) is 14.9 Å². The van der Waals surface area contributed by atoms with Crippen molar-refractivity contribution in [3.63, 3.8) is 0 Å². The van der Waals surface area contributed by atoms with Gasteiger partial charge in [0.2, 0.25) is 0 Å². The Bertz CT molecular complexity index is 1560. The summed E-state index contributed by atoms with van der Waals surface area (Å²) in [5, 5.41) is 17.6. The van der Waals surface area contributed by atoms with E-state index >= 15 is 0 Å². The van der Waals surface area contributed by atoms with Crippen molar-refractivity contribution in [3.05, 3.63) is 87.5 Å². The van der Waals surface area contributed by atoms with Crippen LogP contribution in [0, 0.1) is 16.0 Å². The number of nitro groups is 1. The van der Waals surface area contributed by atoms with Crippen LogP contribution in [0.5, 0.6) is 0 Å². The average molecular weight is 542 g/mol. The van der Waals surface area contributed by atoms with Gasteiger partial charge in [-0.3, -0.25) is 10.1 Å². The number of rotatable bonds is 10. The first kappa shape index (κ1) is 29.0. The highest BCUT2D eigenvalue weighted by atomic mass is 16.7. The van der Waals surface area contributed by atoms with Gasteiger partial charge in [0, 0.05) is 58.5 Å². The lowest BCUT2D eigenvalue weighted by atomic mass is 9.86. The van der Waals surface area contributed by atoms with Gasteiger partial charge >= 0.3 is 5.97 Å². The molecule has 0 saturated heterocycles. The van der Waals surface area contributed by atoms with E-state index in [1.54, 1.807) is 12.1 Å². The van der Waals surface area contributed by atoms with Gasteiger partial charge in [0.1, 0.15) is 5.71 Å². The summed E-state index contributed by atoms with van der Waals surface area (Å²) in [6.45, 7) is 13.1. The maximum atomic E-state index is 11.7. The number of nitrogens with zero attached hydrogens (tertiary/aromatic N) is 3. The fourth-order valence-electron chi connectivity index (χ4n) is 5.24. The highest BCUT2D eigenvalue weighted by Gasteiger charge is 2.20. The molecule has 1 unspecified atom stereocenters. The van der Waals surface area contributed by atoms with Crippen molar-refractivity contribution in [3.8, 4) is 0 Å². The van der Waals surface area contributed by atoms with E-state index in [0.717, 1.165) is 58.7 Å². The number of hydrogen-bond acceptors (Lipinski definition) is 5. The maximum Gasteiger partial charge on any atom is 0.332 e. The van der Waals surface area contributed by atoms with Crippen molar-refractivity contribution in [1.29, 1.82) is 0 Å². The van der Waals surface area contributed by atoms with Crippen molar-refractivity contribution < 1.29 is 14.6 Å². The highest BCUT2D eigenvalue weighted by molar-refractivity contribution is 6.17. The molecule has 4 aromatic rings. The number of aromatic nitrogens is 1. The molecule has 0 radical (unpaired) electrons. The third-order valence-corrected chi connectivity index (χ3v) is 7.61. The molecule has 3 aromatic carbocycles. The molecule has 0 saturated carbocycles. The minimum Gasteiger partial charge on any atom is -0.340 e. The maximum absolute atomic E-state index is 11.7. The molecule has 0 amide bonds. The van der Waals surface area contributed by atoms with Crippen molar-refractivity contribution in [2.45, 2.75) is 79.2 Å². The molecule has 1 atom stereocenters. The van der Waals surface area contributed by atoms with Gasteiger partial charge in [-0.2, -0.15) is 0 Å². The predicted molar refractivity (Wildman–Crippen MR) is 162 cm³/mol. The number of oxime groups is 1. The third-order valence-electron chi connectivity index (χ3n) is 7.61. The number of fused-ring (bicyclic) bond motifs is 3. The summed E-state index contributed by atoms with van der Waals surface area (Å²) < 4.78 is 2.29. The third kappa shape index (κ3) is 6.24. The Hall–Kier alpha value is -4.00. The van der Waals surface area contributed by atoms with E-state index in [-0.39, 0.29) is 16.0 Å². The van der Waals surface area contributed by atoms with Crippen LogP contribution in [0.25, 0.3) is 21.8 Å². The molecule has 0 aliphatic rings. The zero-order valence-corrected chi connectivity index (χ0v) is 24.4. The Balaban J connectivity index is 1.90. The summed E-state index contributed by atoms with van der Waals surface area (Å²) >= 11 is 0. The Morgan fingerprint density at radius 2 is 1.60 bits per heavy atom. The predicted octanol–water partition coefficient (Wildman–Crippen LogP) is 8.53. The lowest BCUT2D eigenvalue weighted by Crippen LogP contribution is -2.12. The normalized spacial score (nSPS) is 13.1. The summed E-state index contributed by atoms with van der Waals surface area (Å²) in [6.07, 6.45) is 4.54. The van der Waals surface area contributed by atoms with Crippen LogP contribution < -0.4 is 0 Å². The number of nitro benzene ring substituents is 1. The SMILES string of the molecule is CCCCC(CC)Cn1c2ccc(/C(=N\OC(C)=O)c3ccc(C(C)(C)C)cc3)cc2c2cc([N+](=O)[O-])ccc21. The van der Waals surface area contributed by atoms with Gasteiger partial charge in [0.05, 0.1) is 4.92 Å². The number of non-ortho nitro benzene ring substituents is 1. The Kier molecular flexibility index (Phi) is 8.72. The molecule has 0 aliphatic carbocycles. The average Bonchev–Trinajstić information content (AvgIpc) is 3.22. The second kappa shape index (κ2) is 12.0. The number of hydrogen-bond donors (Lipinski definition) is 0. The number of carbonyl (C=O) groups is 1. The van der Waals surface area contributed by atoms with Crippen LogP contribution in [-0.4, -0.2) is 21.2 Å². The fraction of sp³-hybridized carbons (Fsp3) is 0.394. The summed E-state index contributed by atoms with van der Waals surface area (Å²) in [5.41, 5.74) is 5.33. The van der Waals surface area contributed by atoms with Crippen LogP contribution >= 0.6 is 0 Å². The van der Waals surface area contributed by atoms with Crippen LogP contribution in [0.1, 0.15) is 83.9 Å². The van der Waals surface area contributed by atoms with Gasteiger partial charge in [-0.1, -0.05) is 89.4 Å². The first-order valence-electron chi connectivity index (χ1n) is 14.1. The molecule has 0 aliphatic heterocycles. The van der Waals surface area contributed by atoms with Gasteiger partial charge in [-0.15, -0.1) is 0 Å². The second-order valence-electron chi connectivity index (χ2n) is 11.6. The largest absolute Gasteiger partial charge is 0.340 e. The summed E-state index contributed by atoms with van der Waals surface area (Å²) in [5.74, 6) is 0.00541. The fourth-order valence-corrected chi connectivity index (χ4v) is 5.24. The molecule has 210 valence electrons. The number of carbonyl (C=O) groups excluding carboxylic acids is 1. The summed E-state index contributed by atoms with van der Waals surface area (Å²) in [6, 6.07) is 19.2. The molecular formula is C33H39N3O4. The minimum atomic E-state index is -0.505. The molecule has 0 bridgehead atoms. The van der Waals surface area contributed by atoms with E-state index in [2.05, 4.69) is 62.5 Å². The molecule has 0 N–H and O–H groups in total. The first-order valence-corrected chi connectivity index (χ1v) is 14.1. The van der Waals surface area contributed by atoms with E-state index in [1.807, 2.05) is 30.3 Å². The van der Waals surface area contributed by atoms with Crippen LogP contribution in [0.15, 0.2) is 65.8 Å². The van der Waals surface area contributed by atoms with Gasteiger partial charge in [0.25, 0.3) is 5.69 Å². The monoisotopic (exact) mass is 541 g/mol.